The van der Waals surface area contributed by atoms with Gasteiger partial charge in [0.15, 0.2) is 0 Å². The van der Waals surface area contributed by atoms with E-state index in [9.17, 15) is 14.4 Å². The molecule has 7 heteroatoms. The molecular weight excluding hydrogens is 332 g/mol. The second-order valence-electron chi connectivity index (χ2n) is 6.59. The van der Waals surface area contributed by atoms with Gasteiger partial charge in [-0.3, -0.25) is 19.4 Å². The number of urea groups is 1. The molecule has 2 aliphatic rings. The van der Waals surface area contributed by atoms with Gasteiger partial charge in [-0.15, -0.1) is 0 Å². The monoisotopic (exact) mass is 358 g/mol. The number of carbonyl (C=O) groups is 3. The second kappa shape index (κ2) is 7.86. The molecule has 1 fully saturated rings. The van der Waals surface area contributed by atoms with Crippen LogP contribution in [-0.2, 0) is 0 Å². The van der Waals surface area contributed by atoms with Crippen molar-refractivity contribution in [2.24, 2.45) is 0 Å². The van der Waals surface area contributed by atoms with Crippen molar-refractivity contribution in [1.82, 2.24) is 19.6 Å². The van der Waals surface area contributed by atoms with Crippen LogP contribution in [0.2, 0.25) is 0 Å². The summed E-state index contributed by atoms with van der Waals surface area (Å²) in [6, 6.07) is 7.05. The molecule has 1 saturated heterocycles. The van der Waals surface area contributed by atoms with Gasteiger partial charge >= 0.3 is 6.03 Å². The fourth-order valence-corrected chi connectivity index (χ4v) is 3.54. The number of fused-ring (bicyclic) bond motifs is 1. The van der Waals surface area contributed by atoms with E-state index in [1.807, 2.05) is 23.6 Å². The van der Waals surface area contributed by atoms with E-state index in [1.165, 1.54) is 4.90 Å². The number of hydrogen-bond donors (Lipinski definition) is 0. The van der Waals surface area contributed by atoms with Crippen LogP contribution in [0.5, 0.6) is 0 Å². The normalized spacial score (nSPS) is 17.6. The van der Waals surface area contributed by atoms with Crippen LogP contribution in [0.3, 0.4) is 0 Å². The summed E-state index contributed by atoms with van der Waals surface area (Å²) in [6.45, 7) is 9.31. The maximum absolute atomic E-state index is 12.4. The lowest BCUT2D eigenvalue weighted by molar-refractivity contribution is 0.0619. The summed E-state index contributed by atoms with van der Waals surface area (Å²) in [5, 5.41) is 0. The summed E-state index contributed by atoms with van der Waals surface area (Å²) >= 11 is 0. The Kier molecular flexibility index (Phi) is 5.56. The van der Waals surface area contributed by atoms with Crippen molar-refractivity contribution in [2.75, 3.05) is 52.4 Å². The van der Waals surface area contributed by atoms with Gasteiger partial charge < -0.3 is 9.80 Å². The molecule has 0 unspecified atom stereocenters. The molecule has 0 saturated carbocycles. The molecule has 2 aliphatic heterocycles. The third kappa shape index (κ3) is 3.44. The largest absolute Gasteiger partial charge is 0.325 e. The highest BCUT2D eigenvalue weighted by atomic mass is 16.2. The van der Waals surface area contributed by atoms with E-state index in [4.69, 9.17) is 0 Å². The Balaban J connectivity index is 1.50. The summed E-state index contributed by atoms with van der Waals surface area (Å²) in [5.74, 6) is -0.415. The van der Waals surface area contributed by atoms with Gasteiger partial charge in [0.05, 0.1) is 11.1 Å². The highest BCUT2D eigenvalue weighted by Crippen LogP contribution is 2.22. The third-order valence-corrected chi connectivity index (χ3v) is 5.19. The molecule has 7 nitrogen and oxygen atoms in total. The van der Waals surface area contributed by atoms with Crippen LogP contribution in [0.25, 0.3) is 0 Å². The molecule has 26 heavy (non-hydrogen) atoms. The summed E-state index contributed by atoms with van der Waals surface area (Å²) in [6.07, 6.45) is 0. The predicted octanol–water partition coefficient (Wildman–Crippen LogP) is 1.36. The summed E-state index contributed by atoms with van der Waals surface area (Å²) in [4.78, 5) is 44.4. The minimum atomic E-state index is -0.207. The molecule has 0 aromatic heterocycles. The van der Waals surface area contributed by atoms with Gasteiger partial charge in [0.2, 0.25) is 0 Å². The number of piperazine rings is 1. The number of imide groups is 1. The zero-order valence-corrected chi connectivity index (χ0v) is 15.5. The second-order valence-corrected chi connectivity index (χ2v) is 6.59. The topological polar surface area (TPSA) is 64.2 Å². The van der Waals surface area contributed by atoms with Crippen LogP contribution in [0.15, 0.2) is 24.3 Å². The third-order valence-electron chi connectivity index (χ3n) is 5.19. The first-order valence-corrected chi connectivity index (χ1v) is 9.28. The number of amides is 4. The van der Waals surface area contributed by atoms with Gasteiger partial charge in [-0.05, 0) is 26.0 Å². The molecule has 4 amide bonds. The Labute approximate surface area is 154 Å². The van der Waals surface area contributed by atoms with Crippen molar-refractivity contribution < 1.29 is 14.4 Å². The summed E-state index contributed by atoms with van der Waals surface area (Å²) < 4.78 is 0. The zero-order valence-electron chi connectivity index (χ0n) is 15.5. The number of rotatable bonds is 5. The predicted molar refractivity (Wildman–Crippen MR) is 98.1 cm³/mol. The molecule has 0 spiro atoms. The van der Waals surface area contributed by atoms with E-state index in [-0.39, 0.29) is 17.8 Å². The molecule has 3 rings (SSSR count). The van der Waals surface area contributed by atoms with Crippen LogP contribution >= 0.6 is 0 Å². The van der Waals surface area contributed by atoms with Crippen molar-refractivity contribution in [2.45, 2.75) is 13.8 Å². The smallest absolute Gasteiger partial charge is 0.320 e. The lowest BCUT2D eigenvalue weighted by atomic mass is 10.1. The molecule has 1 aromatic rings. The van der Waals surface area contributed by atoms with E-state index in [2.05, 4.69) is 4.90 Å². The van der Waals surface area contributed by atoms with Crippen molar-refractivity contribution >= 4 is 17.8 Å². The summed E-state index contributed by atoms with van der Waals surface area (Å²) in [5.41, 5.74) is 0.985. The molecular formula is C19H26N4O3. The first-order valence-electron chi connectivity index (χ1n) is 9.28. The van der Waals surface area contributed by atoms with Gasteiger partial charge in [0.1, 0.15) is 0 Å². The minimum Gasteiger partial charge on any atom is -0.325 e. The van der Waals surface area contributed by atoms with Gasteiger partial charge in [-0.2, -0.15) is 0 Å². The Morgan fingerprint density at radius 3 is 1.96 bits per heavy atom. The quantitative estimate of drug-likeness (QED) is 0.746. The molecule has 0 bridgehead atoms. The molecule has 0 aliphatic carbocycles. The molecule has 1 aromatic carbocycles. The highest BCUT2D eigenvalue weighted by molar-refractivity contribution is 6.21. The standard InChI is InChI=1S/C19H26N4O3/c1-3-21(4-2)19(26)22-12-9-20(10-13-22)11-14-23-17(24)15-7-5-6-8-16(15)18(23)25/h5-8H,3-4,9-14H2,1-2H3. The van der Waals surface area contributed by atoms with E-state index >= 15 is 0 Å². The average Bonchev–Trinajstić information content (AvgIpc) is 2.92. The molecule has 0 atom stereocenters. The van der Waals surface area contributed by atoms with Crippen molar-refractivity contribution in [3.8, 4) is 0 Å². The van der Waals surface area contributed by atoms with Crippen LogP contribution < -0.4 is 0 Å². The molecule has 0 radical (unpaired) electrons. The van der Waals surface area contributed by atoms with Gasteiger partial charge in [-0.25, -0.2) is 4.79 Å². The van der Waals surface area contributed by atoms with Crippen LogP contribution in [0.1, 0.15) is 34.6 Å². The van der Waals surface area contributed by atoms with Crippen molar-refractivity contribution in [1.29, 1.82) is 0 Å². The van der Waals surface area contributed by atoms with Gasteiger partial charge in [-0.1, -0.05) is 12.1 Å². The van der Waals surface area contributed by atoms with Crippen LogP contribution in [-0.4, -0.2) is 89.8 Å². The molecule has 140 valence electrons. The summed E-state index contributed by atoms with van der Waals surface area (Å²) in [7, 11) is 0. The maximum Gasteiger partial charge on any atom is 0.320 e. The lowest BCUT2D eigenvalue weighted by Crippen LogP contribution is -2.53. The lowest BCUT2D eigenvalue weighted by Gasteiger charge is -2.37. The Bertz CT molecular complexity index is 659. The Morgan fingerprint density at radius 1 is 0.923 bits per heavy atom. The fraction of sp³-hybridized carbons (Fsp3) is 0.526. The molecule has 2 heterocycles. The first-order chi connectivity index (χ1) is 12.6. The number of hydrogen-bond acceptors (Lipinski definition) is 4. The van der Waals surface area contributed by atoms with Crippen LogP contribution in [0.4, 0.5) is 4.79 Å². The minimum absolute atomic E-state index is 0.0926. The fourth-order valence-electron chi connectivity index (χ4n) is 3.54. The molecule has 0 N–H and O–H groups in total. The number of benzene rings is 1. The Hall–Kier alpha value is -2.41. The van der Waals surface area contributed by atoms with Gasteiger partial charge in [0.25, 0.3) is 11.8 Å². The Morgan fingerprint density at radius 2 is 1.46 bits per heavy atom. The average molecular weight is 358 g/mol. The maximum atomic E-state index is 12.4. The van der Waals surface area contributed by atoms with Gasteiger partial charge in [0, 0.05) is 52.4 Å². The number of carbonyl (C=O) groups excluding carboxylic acids is 3. The van der Waals surface area contributed by atoms with Crippen molar-refractivity contribution in [3.63, 3.8) is 0 Å². The van der Waals surface area contributed by atoms with E-state index in [0.29, 0.717) is 37.3 Å². The highest BCUT2D eigenvalue weighted by Gasteiger charge is 2.35. The van der Waals surface area contributed by atoms with E-state index in [1.54, 1.807) is 24.3 Å². The zero-order chi connectivity index (χ0) is 18.7. The van der Waals surface area contributed by atoms with Crippen molar-refractivity contribution in [3.05, 3.63) is 35.4 Å². The number of nitrogens with zero attached hydrogens (tertiary/aromatic N) is 4. The SMILES string of the molecule is CCN(CC)C(=O)N1CCN(CCN2C(=O)c3ccccc3C2=O)CC1. The van der Waals surface area contributed by atoms with E-state index < -0.39 is 0 Å². The van der Waals surface area contributed by atoms with E-state index in [0.717, 1.165) is 26.2 Å². The van der Waals surface area contributed by atoms with Crippen LogP contribution in [0, 0.1) is 0 Å². The first kappa shape index (κ1) is 18.4.